The van der Waals surface area contributed by atoms with Crippen molar-refractivity contribution in [1.82, 2.24) is 0 Å². The molecule has 0 aliphatic carbocycles. The van der Waals surface area contributed by atoms with E-state index in [9.17, 15) is 9.59 Å². The van der Waals surface area contributed by atoms with Gasteiger partial charge in [-0.05, 0) is 44.9 Å². The van der Waals surface area contributed by atoms with Gasteiger partial charge in [0.15, 0.2) is 5.78 Å². The van der Waals surface area contributed by atoms with Crippen molar-refractivity contribution in [2.24, 2.45) is 5.92 Å². The molecule has 1 amide bonds. The van der Waals surface area contributed by atoms with E-state index in [1.807, 2.05) is 30.9 Å². The molecule has 0 atom stereocenters. The summed E-state index contributed by atoms with van der Waals surface area (Å²) < 4.78 is -0.489. The van der Waals surface area contributed by atoms with Gasteiger partial charge in [0.05, 0.1) is 10.4 Å². The third-order valence-corrected chi connectivity index (χ3v) is 4.56. The van der Waals surface area contributed by atoms with Gasteiger partial charge in [-0.25, -0.2) is 0 Å². The van der Waals surface area contributed by atoms with Crippen LogP contribution in [0.15, 0.2) is 23.1 Å². The lowest BCUT2D eigenvalue weighted by Gasteiger charge is -2.39. The second-order valence-electron chi connectivity index (χ2n) is 6.16. The van der Waals surface area contributed by atoms with Crippen LogP contribution in [0.2, 0.25) is 0 Å². The number of benzene rings is 1. The number of hydrogen-bond acceptors (Lipinski definition) is 3. The lowest BCUT2D eigenvalue weighted by Crippen LogP contribution is -2.47. The second-order valence-corrected chi connectivity index (χ2v) is 7.83. The molecule has 108 valence electrons. The van der Waals surface area contributed by atoms with Crippen molar-refractivity contribution < 1.29 is 9.59 Å². The molecule has 0 fully saturated rings. The minimum atomic E-state index is -0.489. The zero-order valence-corrected chi connectivity index (χ0v) is 13.5. The average Bonchev–Trinajstić information content (AvgIpc) is 2.33. The number of ketones is 1. The molecule has 0 aromatic heterocycles. The zero-order valence-electron chi connectivity index (χ0n) is 12.7. The van der Waals surface area contributed by atoms with Crippen LogP contribution in [-0.4, -0.2) is 23.0 Å². The number of thioether (sulfide) groups is 1. The molecule has 20 heavy (non-hydrogen) atoms. The van der Waals surface area contributed by atoms with E-state index in [1.165, 1.54) is 0 Å². The lowest BCUT2D eigenvalue weighted by atomic mass is 10.1. The smallest absolute Gasteiger partial charge is 0.243 e. The van der Waals surface area contributed by atoms with Gasteiger partial charge in [-0.15, -0.1) is 11.8 Å². The van der Waals surface area contributed by atoms with Crippen molar-refractivity contribution in [3.63, 3.8) is 0 Å². The molecule has 1 heterocycles. The Morgan fingerprint density at radius 2 is 2.00 bits per heavy atom. The molecule has 1 aliphatic rings. The predicted molar refractivity (Wildman–Crippen MR) is 83.6 cm³/mol. The third-order valence-electron chi connectivity index (χ3n) is 3.33. The number of rotatable bonds is 3. The van der Waals surface area contributed by atoms with E-state index in [2.05, 4.69) is 13.8 Å². The molecule has 2 rings (SSSR count). The van der Waals surface area contributed by atoms with Crippen LogP contribution >= 0.6 is 11.8 Å². The topological polar surface area (TPSA) is 37.4 Å². The van der Waals surface area contributed by atoms with E-state index in [-0.39, 0.29) is 11.7 Å². The molecule has 0 spiro atoms. The average molecular weight is 291 g/mol. The van der Waals surface area contributed by atoms with E-state index >= 15 is 0 Å². The Labute approximate surface area is 124 Å². The molecule has 0 saturated carbocycles. The number of anilines is 1. The molecule has 3 nitrogen and oxygen atoms in total. The van der Waals surface area contributed by atoms with Crippen LogP contribution < -0.4 is 4.90 Å². The Morgan fingerprint density at radius 3 is 2.55 bits per heavy atom. The van der Waals surface area contributed by atoms with Gasteiger partial charge in [0.1, 0.15) is 0 Å². The van der Waals surface area contributed by atoms with E-state index in [0.717, 1.165) is 10.6 Å². The molecule has 0 radical (unpaired) electrons. The predicted octanol–water partition coefficient (Wildman–Crippen LogP) is 3.76. The second kappa shape index (κ2) is 5.24. The van der Waals surface area contributed by atoms with Crippen LogP contribution in [0, 0.1) is 5.92 Å². The molecule has 0 N–H and O–H groups in total. The number of carbonyl (C=O) groups is 2. The summed E-state index contributed by atoms with van der Waals surface area (Å²) in [5, 5.41) is 0. The van der Waals surface area contributed by atoms with Crippen molar-refractivity contribution >= 4 is 29.1 Å². The van der Waals surface area contributed by atoms with Crippen molar-refractivity contribution in [2.45, 2.75) is 44.3 Å². The van der Waals surface area contributed by atoms with Crippen molar-refractivity contribution in [1.29, 1.82) is 0 Å². The number of nitrogens with zero attached hydrogens (tertiary/aromatic N) is 1. The Morgan fingerprint density at radius 1 is 1.35 bits per heavy atom. The van der Waals surface area contributed by atoms with Gasteiger partial charge >= 0.3 is 0 Å². The summed E-state index contributed by atoms with van der Waals surface area (Å²) in [6.45, 7) is 10.4. The highest BCUT2D eigenvalue weighted by Crippen LogP contribution is 2.45. The number of carbonyl (C=O) groups excluding carboxylic acids is 2. The molecule has 4 heteroatoms. The summed E-state index contributed by atoms with van der Waals surface area (Å²) in [5.74, 6) is 0.593. The van der Waals surface area contributed by atoms with Gasteiger partial charge in [-0.1, -0.05) is 13.8 Å². The van der Waals surface area contributed by atoms with Crippen LogP contribution in [-0.2, 0) is 4.79 Å². The van der Waals surface area contributed by atoms with E-state index in [1.54, 1.807) is 24.8 Å². The zero-order chi connectivity index (χ0) is 15.1. The van der Waals surface area contributed by atoms with Crippen LogP contribution in [0.5, 0.6) is 0 Å². The number of hydrogen-bond donors (Lipinski definition) is 0. The van der Waals surface area contributed by atoms with Crippen LogP contribution in [0.4, 0.5) is 5.69 Å². The Balaban J connectivity index is 2.51. The molecular weight excluding hydrogens is 270 g/mol. The monoisotopic (exact) mass is 291 g/mol. The van der Waals surface area contributed by atoms with E-state index < -0.39 is 4.75 Å². The standard InChI is InChI=1S/C16H21NO2S/c1-10(2)9-17-13-7-6-12(11(3)18)8-14(13)20-16(4,5)15(17)19/h6-8,10H,9H2,1-5H3. The van der Waals surface area contributed by atoms with E-state index in [0.29, 0.717) is 18.0 Å². The summed E-state index contributed by atoms with van der Waals surface area (Å²) in [4.78, 5) is 27.0. The van der Waals surface area contributed by atoms with Gasteiger partial charge in [0.25, 0.3) is 0 Å². The highest BCUT2D eigenvalue weighted by atomic mass is 32.2. The molecule has 1 aromatic rings. The third kappa shape index (κ3) is 2.75. The van der Waals surface area contributed by atoms with Gasteiger partial charge in [0, 0.05) is 17.0 Å². The summed E-state index contributed by atoms with van der Waals surface area (Å²) >= 11 is 1.54. The minimum Gasteiger partial charge on any atom is -0.310 e. The Kier molecular flexibility index (Phi) is 3.96. The highest BCUT2D eigenvalue weighted by molar-refractivity contribution is 8.01. The first-order chi connectivity index (χ1) is 9.22. The fraction of sp³-hybridized carbons (Fsp3) is 0.500. The summed E-state index contributed by atoms with van der Waals surface area (Å²) in [6, 6.07) is 5.61. The number of fused-ring (bicyclic) bond motifs is 1. The van der Waals surface area contributed by atoms with Gasteiger partial charge in [-0.2, -0.15) is 0 Å². The van der Waals surface area contributed by atoms with Crippen molar-refractivity contribution in [3.8, 4) is 0 Å². The molecule has 0 unspecified atom stereocenters. The largest absolute Gasteiger partial charge is 0.310 e. The first kappa shape index (κ1) is 15.1. The summed E-state index contributed by atoms with van der Waals surface area (Å²) in [6.07, 6.45) is 0. The maximum atomic E-state index is 12.6. The molecule has 1 aromatic carbocycles. The van der Waals surface area contributed by atoms with Gasteiger partial charge < -0.3 is 4.90 Å². The van der Waals surface area contributed by atoms with E-state index in [4.69, 9.17) is 0 Å². The van der Waals surface area contributed by atoms with Crippen LogP contribution in [0.1, 0.15) is 45.0 Å². The first-order valence-electron chi connectivity index (χ1n) is 6.88. The molecule has 0 saturated heterocycles. The van der Waals surface area contributed by atoms with Crippen LogP contribution in [0.25, 0.3) is 0 Å². The Hall–Kier alpha value is -1.29. The fourth-order valence-corrected chi connectivity index (χ4v) is 3.55. The SMILES string of the molecule is CC(=O)c1ccc2c(c1)SC(C)(C)C(=O)N2CC(C)C. The maximum Gasteiger partial charge on any atom is 0.243 e. The maximum absolute atomic E-state index is 12.6. The summed E-state index contributed by atoms with van der Waals surface area (Å²) in [5.41, 5.74) is 1.63. The van der Waals surface area contributed by atoms with Crippen molar-refractivity contribution in [2.75, 3.05) is 11.4 Å². The quantitative estimate of drug-likeness (QED) is 0.796. The van der Waals surface area contributed by atoms with Gasteiger partial charge in [0.2, 0.25) is 5.91 Å². The fourth-order valence-electron chi connectivity index (χ4n) is 2.34. The molecule has 1 aliphatic heterocycles. The number of Topliss-reactive ketones (excluding diaryl/α,β-unsaturated/α-hetero) is 1. The molecular formula is C16H21NO2S. The molecule has 0 bridgehead atoms. The minimum absolute atomic E-state index is 0.0542. The van der Waals surface area contributed by atoms with Crippen LogP contribution in [0.3, 0.4) is 0 Å². The lowest BCUT2D eigenvalue weighted by molar-refractivity contribution is -0.120. The normalized spacial score (nSPS) is 17.3. The van der Waals surface area contributed by atoms with Gasteiger partial charge in [-0.3, -0.25) is 9.59 Å². The highest BCUT2D eigenvalue weighted by Gasteiger charge is 2.40. The first-order valence-corrected chi connectivity index (χ1v) is 7.70. The summed E-state index contributed by atoms with van der Waals surface area (Å²) in [7, 11) is 0. The van der Waals surface area contributed by atoms with Crippen molar-refractivity contribution in [3.05, 3.63) is 23.8 Å². The number of amides is 1. The Bertz CT molecular complexity index is 564.